The first-order valence-corrected chi connectivity index (χ1v) is 14.9. The maximum atomic E-state index is 2.40. The van der Waals surface area contributed by atoms with Gasteiger partial charge in [-0.1, -0.05) is 114 Å². The van der Waals surface area contributed by atoms with Crippen molar-refractivity contribution in [2.45, 2.75) is 41.0 Å². The molecule has 0 aliphatic heterocycles. The van der Waals surface area contributed by atoms with Crippen LogP contribution in [0.3, 0.4) is 0 Å². The predicted molar refractivity (Wildman–Crippen MR) is 193 cm³/mol. The second kappa shape index (κ2) is 11.5. The Balaban J connectivity index is 0.00000171. The first-order chi connectivity index (χ1) is 20.7. The van der Waals surface area contributed by atoms with Gasteiger partial charge in [-0.15, -0.1) is 0 Å². The number of aromatic nitrogens is 2. The van der Waals surface area contributed by atoms with E-state index >= 15 is 0 Å². The normalized spacial score (nSPS) is 12.0. The van der Waals surface area contributed by atoms with Gasteiger partial charge in [0.15, 0.2) is 0 Å². The van der Waals surface area contributed by atoms with E-state index < -0.39 is 0 Å². The lowest BCUT2D eigenvalue weighted by Crippen LogP contribution is -1.95. The number of hydrogen-bond acceptors (Lipinski definition) is 0. The first kappa shape index (κ1) is 29.0. The maximum Gasteiger partial charge on any atom is 0.0541 e. The summed E-state index contributed by atoms with van der Waals surface area (Å²) in [5, 5.41) is 5.21. The molecule has 0 aliphatic rings. The van der Waals surface area contributed by atoms with Crippen molar-refractivity contribution in [3.63, 3.8) is 0 Å². The molecule has 2 nitrogen and oxygen atoms in total. The van der Waals surface area contributed by atoms with Crippen LogP contribution >= 0.6 is 0 Å². The van der Waals surface area contributed by atoms with Crippen LogP contribution in [0.2, 0.25) is 0 Å². The second-order valence-corrected chi connectivity index (χ2v) is 11.4. The molecule has 2 heteroatoms. The Hall–Kier alpha value is -5.08. The fourth-order valence-corrected chi connectivity index (χ4v) is 6.62. The number of benzene rings is 6. The Labute approximate surface area is 260 Å². The highest BCUT2D eigenvalue weighted by molar-refractivity contribution is 6.10. The van der Waals surface area contributed by atoms with Gasteiger partial charge in [0.1, 0.15) is 0 Å². The van der Waals surface area contributed by atoms with E-state index in [0.717, 1.165) is 6.42 Å². The Bertz CT molecular complexity index is 2170. The summed E-state index contributed by atoms with van der Waals surface area (Å²) in [6.45, 7) is 4.58. The van der Waals surface area contributed by atoms with E-state index in [9.17, 15) is 0 Å². The highest BCUT2D eigenvalue weighted by Gasteiger charge is 2.15. The Morgan fingerprint density at radius 2 is 0.841 bits per heavy atom. The fourth-order valence-electron chi connectivity index (χ4n) is 6.62. The second-order valence-electron chi connectivity index (χ2n) is 11.4. The van der Waals surface area contributed by atoms with E-state index in [1.165, 1.54) is 71.7 Å². The average molecular weight is 573 g/mol. The third-order valence-electron chi connectivity index (χ3n) is 9.04. The molecular formula is C42H40N2. The predicted octanol–water partition coefficient (Wildman–Crippen LogP) is 12.3. The van der Waals surface area contributed by atoms with Gasteiger partial charge in [0.25, 0.3) is 0 Å². The smallest absolute Gasteiger partial charge is 0.0541 e. The number of hydrogen-bond donors (Lipinski definition) is 0. The van der Waals surface area contributed by atoms with Gasteiger partial charge in [-0.2, -0.15) is 0 Å². The minimum Gasteiger partial charge on any atom is -0.309 e. The van der Waals surface area contributed by atoms with Crippen molar-refractivity contribution < 1.29 is 0 Å². The molecule has 0 bridgehead atoms. The van der Waals surface area contributed by atoms with Crippen LogP contribution in [0.15, 0.2) is 140 Å². The Morgan fingerprint density at radius 3 is 1.27 bits per heavy atom. The summed E-state index contributed by atoms with van der Waals surface area (Å²) >= 11 is 0. The number of rotatable bonds is 5. The van der Waals surface area contributed by atoms with Crippen LogP contribution in [0.5, 0.6) is 0 Å². The monoisotopic (exact) mass is 572 g/mol. The molecule has 8 aromatic rings. The third kappa shape index (κ3) is 4.50. The molecular weight excluding hydrogens is 532 g/mol. The zero-order valence-corrected chi connectivity index (χ0v) is 24.0. The van der Waals surface area contributed by atoms with Crippen LogP contribution in [0.4, 0.5) is 0 Å². The highest BCUT2D eigenvalue weighted by atomic mass is 15.0. The van der Waals surface area contributed by atoms with Crippen LogP contribution in [0.25, 0.3) is 66.1 Å². The van der Waals surface area contributed by atoms with E-state index in [-0.39, 0.29) is 14.9 Å². The van der Waals surface area contributed by atoms with Gasteiger partial charge in [-0.05, 0) is 83.6 Å². The SMILES string of the molecule is C.C.CCC(C)c1ccc2c(c1)c1ccccc1n2-c1ccc(-c2ccc(-n3c4ccccc4c4ccccc43)cc2)cc1. The Kier molecular flexibility index (Phi) is 7.61. The van der Waals surface area contributed by atoms with Gasteiger partial charge in [0, 0.05) is 32.9 Å². The average Bonchev–Trinajstić information content (AvgIpc) is 3.57. The van der Waals surface area contributed by atoms with Gasteiger partial charge in [-0.3, -0.25) is 0 Å². The molecule has 0 saturated heterocycles. The highest BCUT2D eigenvalue weighted by Crippen LogP contribution is 2.36. The summed E-state index contributed by atoms with van der Waals surface area (Å²) in [7, 11) is 0. The standard InChI is InChI=1S/C40H32N2.2CH4/c1-3-27(2)30-20-25-40-36(26-30)35-12-6-9-15-39(35)42(40)32-23-18-29(19-24-32)28-16-21-31(22-17-28)41-37-13-7-4-10-33(37)34-11-5-8-14-38(34)41;;/h4-27H,3H2,1-2H3;2*1H4. The van der Waals surface area contributed by atoms with Gasteiger partial charge >= 0.3 is 0 Å². The largest absolute Gasteiger partial charge is 0.309 e. The molecule has 0 aliphatic carbocycles. The molecule has 6 aromatic carbocycles. The van der Waals surface area contributed by atoms with E-state index in [2.05, 4.69) is 163 Å². The molecule has 0 radical (unpaired) electrons. The van der Waals surface area contributed by atoms with E-state index in [1.807, 2.05) is 0 Å². The van der Waals surface area contributed by atoms with Crippen LogP contribution in [0, 0.1) is 0 Å². The first-order valence-electron chi connectivity index (χ1n) is 14.9. The van der Waals surface area contributed by atoms with Crippen molar-refractivity contribution in [3.05, 3.63) is 145 Å². The molecule has 2 heterocycles. The van der Waals surface area contributed by atoms with Crippen molar-refractivity contribution in [3.8, 4) is 22.5 Å². The molecule has 0 fully saturated rings. The van der Waals surface area contributed by atoms with Gasteiger partial charge in [-0.25, -0.2) is 0 Å². The van der Waals surface area contributed by atoms with Gasteiger partial charge < -0.3 is 9.13 Å². The van der Waals surface area contributed by atoms with Crippen LogP contribution < -0.4 is 0 Å². The van der Waals surface area contributed by atoms with Gasteiger partial charge in [0.05, 0.1) is 22.1 Å². The molecule has 218 valence electrons. The number of fused-ring (bicyclic) bond motifs is 6. The molecule has 44 heavy (non-hydrogen) atoms. The minimum atomic E-state index is 0. The van der Waals surface area contributed by atoms with E-state index in [4.69, 9.17) is 0 Å². The lowest BCUT2D eigenvalue weighted by Gasteiger charge is -2.12. The van der Waals surface area contributed by atoms with Gasteiger partial charge in [0.2, 0.25) is 0 Å². The van der Waals surface area contributed by atoms with Crippen molar-refractivity contribution >= 4 is 43.6 Å². The van der Waals surface area contributed by atoms with Crippen LogP contribution in [-0.2, 0) is 0 Å². The lowest BCUT2D eigenvalue weighted by atomic mass is 9.97. The fraction of sp³-hybridized carbons (Fsp3) is 0.143. The zero-order chi connectivity index (χ0) is 28.2. The number of nitrogens with zero attached hydrogens (tertiary/aromatic N) is 2. The third-order valence-corrected chi connectivity index (χ3v) is 9.04. The molecule has 1 unspecified atom stereocenters. The maximum absolute atomic E-state index is 2.40. The van der Waals surface area contributed by atoms with E-state index in [0.29, 0.717) is 5.92 Å². The summed E-state index contributed by atoms with van der Waals surface area (Å²) in [5.74, 6) is 0.553. The van der Waals surface area contributed by atoms with E-state index in [1.54, 1.807) is 0 Å². The van der Waals surface area contributed by atoms with Crippen molar-refractivity contribution in [2.24, 2.45) is 0 Å². The summed E-state index contributed by atoms with van der Waals surface area (Å²) in [4.78, 5) is 0. The summed E-state index contributed by atoms with van der Waals surface area (Å²) in [6, 6.07) is 51.1. The van der Waals surface area contributed by atoms with Crippen LogP contribution in [-0.4, -0.2) is 9.13 Å². The van der Waals surface area contributed by atoms with Crippen molar-refractivity contribution in [1.82, 2.24) is 9.13 Å². The molecule has 8 rings (SSSR count). The summed E-state index contributed by atoms with van der Waals surface area (Å²) in [5.41, 5.74) is 11.2. The molecule has 0 N–H and O–H groups in total. The summed E-state index contributed by atoms with van der Waals surface area (Å²) < 4.78 is 4.77. The molecule has 0 saturated carbocycles. The Morgan fingerprint density at radius 1 is 0.455 bits per heavy atom. The molecule has 2 aromatic heterocycles. The minimum absolute atomic E-state index is 0. The van der Waals surface area contributed by atoms with Crippen molar-refractivity contribution in [1.29, 1.82) is 0 Å². The molecule has 1 atom stereocenters. The molecule has 0 amide bonds. The van der Waals surface area contributed by atoms with Crippen molar-refractivity contribution in [2.75, 3.05) is 0 Å². The zero-order valence-electron chi connectivity index (χ0n) is 24.0. The molecule has 0 spiro atoms. The lowest BCUT2D eigenvalue weighted by molar-refractivity contribution is 0.735. The number of para-hydroxylation sites is 3. The summed E-state index contributed by atoms with van der Waals surface area (Å²) in [6.07, 6.45) is 1.14. The van der Waals surface area contributed by atoms with Crippen LogP contribution in [0.1, 0.15) is 46.6 Å². The topological polar surface area (TPSA) is 9.86 Å². The quantitative estimate of drug-likeness (QED) is 0.194.